The quantitative estimate of drug-likeness (QED) is 0.399. The van der Waals surface area contributed by atoms with Gasteiger partial charge in [0.2, 0.25) is 0 Å². The Labute approximate surface area is 194 Å². The molecular formula is C26H33N5O2. The minimum absolute atomic E-state index is 0.456. The number of hydrogen-bond donors (Lipinski definition) is 3. The van der Waals surface area contributed by atoms with Crippen LogP contribution in [0.4, 0.5) is 0 Å². The van der Waals surface area contributed by atoms with Crippen LogP contribution in [0.15, 0.2) is 42.5 Å². The Hall–Kier alpha value is -2.71. The minimum Gasteiger partial charge on any atom is -0.340 e. The third-order valence-electron chi connectivity index (χ3n) is 7.12. The molecule has 1 saturated heterocycles. The van der Waals surface area contributed by atoms with Crippen LogP contribution in [-0.4, -0.2) is 71.8 Å². The van der Waals surface area contributed by atoms with Gasteiger partial charge in [-0.25, -0.2) is 5.48 Å². The molecule has 7 nitrogen and oxygen atoms in total. The van der Waals surface area contributed by atoms with Gasteiger partial charge in [0, 0.05) is 80.9 Å². The molecule has 5 rings (SSSR count). The van der Waals surface area contributed by atoms with Gasteiger partial charge in [-0.3, -0.25) is 10.0 Å². The van der Waals surface area contributed by atoms with E-state index in [1.165, 1.54) is 27.7 Å². The fourth-order valence-electron chi connectivity index (χ4n) is 5.33. The van der Waals surface area contributed by atoms with Gasteiger partial charge in [0.05, 0.1) is 0 Å². The summed E-state index contributed by atoms with van der Waals surface area (Å²) >= 11 is 0. The second-order valence-corrected chi connectivity index (χ2v) is 9.29. The first-order valence-electron chi connectivity index (χ1n) is 11.9. The molecule has 0 aliphatic carbocycles. The van der Waals surface area contributed by atoms with E-state index in [2.05, 4.69) is 44.9 Å². The van der Waals surface area contributed by atoms with E-state index in [4.69, 9.17) is 5.21 Å². The molecule has 3 aromatic rings. The van der Waals surface area contributed by atoms with Crippen LogP contribution in [0.5, 0.6) is 0 Å². The highest BCUT2D eigenvalue weighted by molar-refractivity contribution is 5.93. The average Bonchev–Trinajstić information content (AvgIpc) is 3.16. The number of likely N-dealkylation sites (N-methyl/N-ethyl adjacent to an activating group) is 1. The van der Waals surface area contributed by atoms with Crippen LogP contribution in [0, 0.1) is 0 Å². The molecular weight excluding hydrogens is 414 g/mol. The summed E-state index contributed by atoms with van der Waals surface area (Å²) in [6.45, 7) is 8.35. The second-order valence-electron chi connectivity index (χ2n) is 9.29. The number of piperazine rings is 1. The van der Waals surface area contributed by atoms with Crippen molar-refractivity contribution in [3.8, 4) is 0 Å². The van der Waals surface area contributed by atoms with Crippen LogP contribution >= 0.6 is 0 Å². The topological polar surface area (TPSA) is 72.8 Å². The van der Waals surface area contributed by atoms with E-state index in [-0.39, 0.29) is 0 Å². The second kappa shape index (κ2) is 9.65. The number of nitrogens with one attached hydrogen (secondary N) is 2. The summed E-state index contributed by atoms with van der Waals surface area (Å²) in [6, 6.07) is 14.3. The van der Waals surface area contributed by atoms with Gasteiger partial charge in [0.15, 0.2) is 0 Å². The zero-order chi connectivity index (χ0) is 22.8. The zero-order valence-electron chi connectivity index (χ0n) is 19.3. The molecule has 2 aromatic carbocycles. The van der Waals surface area contributed by atoms with Gasteiger partial charge in [0.25, 0.3) is 5.91 Å². The van der Waals surface area contributed by atoms with Crippen molar-refractivity contribution < 1.29 is 10.0 Å². The average molecular weight is 448 g/mol. The molecule has 1 aromatic heterocycles. The molecule has 174 valence electrons. The molecule has 0 saturated carbocycles. The summed E-state index contributed by atoms with van der Waals surface area (Å²) in [4.78, 5) is 16.7. The number of nitrogens with zero attached hydrogens (tertiary/aromatic N) is 3. The van der Waals surface area contributed by atoms with Crippen molar-refractivity contribution in [2.45, 2.75) is 25.9 Å². The van der Waals surface area contributed by atoms with Crippen LogP contribution in [0.1, 0.15) is 32.7 Å². The predicted octanol–water partition coefficient (Wildman–Crippen LogP) is 2.24. The summed E-state index contributed by atoms with van der Waals surface area (Å²) in [5.74, 6) is -0.484. The highest BCUT2D eigenvalue weighted by atomic mass is 16.5. The summed E-state index contributed by atoms with van der Waals surface area (Å²) in [6.07, 6.45) is 2.12. The molecule has 0 spiro atoms. The number of aromatic nitrogens is 1. The van der Waals surface area contributed by atoms with Crippen molar-refractivity contribution in [2.75, 3.05) is 46.3 Å². The van der Waals surface area contributed by atoms with E-state index in [1.807, 2.05) is 12.1 Å². The molecule has 1 fully saturated rings. The smallest absolute Gasteiger partial charge is 0.274 e. The van der Waals surface area contributed by atoms with E-state index < -0.39 is 5.91 Å². The third-order valence-corrected chi connectivity index (χ3v) is 7.12. The lowest BCUT2D eigenvalue weighted by Gasteiger charge is -2.27. The number of fused-ring (bicyclic) bond motifs is 3. The van der Waals surface area contributed by atoms with Crippen molar-refractivity contribution in [1.82, 2.24) is 25.2 Å². The van der Waals surface area contributed by atoms with Crippen LogP contribution in [0.3, 0.4) is 0 Å². The molecule has 3 heterocycles. The maximum Gasteiger partial charge on any atom is 0.274 e. The largest absolute Gasteiger partial charge is 0.340 e. The highest BCUT2D eigenvalue weighted by Gasteiger charge is 2.24. The molecule has 2 aliphatic heterocycles. The number of carbonyl (C=O) groups is 1. The van der Waals surface area contributed by atoms with E-state index >= 15 is 0 Å². The maximum atomic E-state index is 11.7. The number of hydroxylamine groups is 1. The molecule has 1 amide bonds. The summed E-state index contributed by atoms with van der Waals surface area (Å²) in [5, 5.41) is 13.8. The molecule has 0 bridgehead atoms. The lowest BCUT2D eigenvalue weighted by atomic mass is 9.99. The van der Waals surface area contributed by atoms with Gasteiger partial charge < -0.3 is 19.7 Å². The number of benzene rings is 2. The highest BCUT2D eigenvalue weighted by Crippen LogP contribution is 2.34. The Morgan fingerprint density at radius 1 is 1.09 bits per heavy atom. The van der Waals surface area contributed by atoms with E-state index in [9.17, 15) is 4.79 Å². The van der Waals surface area contributed by atoms with Crippen LogP contribution in [-0.2, 0) is 25.9 Å². The first kappa shape index (κ1) is 22.1. The Bertz CT molecular complexity index is 1130. The normalized spacial score (nSPS) is 17.3. The number of hydrogen-bond acceptors (Lipinski definition) is 5. The Balaban J connectivity index is 1.49. The SMILES string of the molecule is CN1CCc2c(c3c(CCN4CCNCC4)cccc3n2Cc2ccc(C(=O)NO)cc2)C1. The van der Waals surface area contributed by atoms with E-state index in [0.717, 1.165) is 70.8 Å². The molecule has 7 heteroatoms. The van der Waals surface area contributed by atoms with Gasteiger partial charge in [-0.1, -0.05) is 24.3 Å². The number of carbonyl (C=O) groups excluding carboxylic acids is 1. The monoisotopic (exact) mass is 447 g/mol. The third kappa shape index (κ3) is 4.54. The molecule has 0 radical (unpaired) electrons. The van der Waals surface area contributed by atoms with Crippen LogP contribution in [0.25, 0.3) is 10.9 Å². The molecule has 2 aliphatic rings. The maximum absolute atomic E-state index is 11.7. The Morgan fingerprint density at radius 2 is 1.88 bits per heavy atom. The van der Waals surface area contributed by atoms with Crippen molar-refractivity contribution >= 4 is 16.8 Å². The summed E-state index contributed by atoms with van der Waals surface area (Å²) in [5.41, 5.74) is 8.98. The van der Waals surface area contributed by atoms with E-state index in [0.29, 0.717) is 5.56 Å². The molecule has 0 atom stereocenters. The van der Waals surface area contributed by atoms with Crippen LogP contribution < -0.4 is 10.8 Å². The van der Waals surface area contributed by atoms with Crippen molar-refractivity contribution in [1.29, 1.82) is 0 Å². The van der Waals surface area contributed by atoms with Crippen LogP contribution in [0.2, 0.25) is 0 Å². The summed E-state index contributed by atoms with van der Waals surface area (Å²) in [7, 11) is 2.21. The molecule has 33 heavy (non-hydrogen) atoms. The van der Waals surface area contributed by atoms with Crippen molar-refractivity contribution in [3.63, 3.8) is 0 Å². The molecule has 0 unspecified atom stereocenters. The predicted molar refractivity (Wildman–Crippen MR) is 130 cm³/mol. The minimum atomic E-state index is -0.484. The number of rotatable bonds is 6. The van der Waals surface area contributed by atoms with Crippen molar-refractivity contribution in [2.24, 2.45) is 0 Å². The lowest BCUT2D eigenvalue weighted by Crippen LogP contribution is -2.44. The van der Waals surface area contributed by atoms with Gasteiger partial charge >= 0.3 is 0 Å². The number of amides is 1. The van der Waals surface area contributed by atoms with Gasteiger partial charge in [-0.15, -0.1) is 0 Å². The summed E-state index contributed by atoms with van der Waals surface area (Å²) < 4.78 is 2.48. The Morgan fingerprint density at radius 3 is 2.64 bits per heavy atom. The van der Waals surface area contributed by atoms with Gasteiger partial charge in [-0.05, 0) is 48.4 Å². The van der Waals surface area contributed by atoms with Gasteiger partial charge in [-0.2, -0.15) is 0 Å². The first-order chi connectivity index (χ1) is 16.1. The van der Waals surface area contributed by atoms with E-state index in [1.54, 1.807) is 17.6 Å². The molecule has 3 N–H and O–H groups in total. The first-order valence-corrected chi connectivity index (χ1v) is 11.9. The fraction of sp³-hybridized carbons (Fsp3) is 0.423. The zero-order valence-corrected chi connectivity index (χ0v) is 19.3. The fourth-order valence-corrected chi connectivity index (χ4v) is 5.33. The Kier molecular flexibility index (Phi) is 6.46. The van der Waals surface area contributed by atoms with Crippen molar-refractivity contribution in [3.05, 3.63) is 70.4 Å². The van der Waals surface area contributed by atoms with Gasteiger partial charge in [0.1, 0.15) is 0 Å². The lowest BCUT2D eigenvalue weighted by molar-refractivity contribution is 0.0706. The standard InChI is InChI=1S/C26H33N5O2/c1-29-13-10-23-22(18-29)25-20(9-14-30-15-11-27-12-16-30)3-2-4-24(25)31(23)17-19-5-7-21(8-6-19)26(32)28-33/h2-8,27,33H,9-18H2,1H3,(H,28,32).